The third kappa shape index (κ3) is 2.67. The Labute approximate surface area is 117 Å². The van der Waals surface area contributed by atoms with Crippen LogP contribution in [0.25, 0.3) is 0 Å². The molecule has 19 heavy (non-hydrogen) atoms. The van der Waals surface area contributed by atoms with Crippen LogP contribution >= 0.6 is 0 Å². The number of carbonyl (C=O) groups excluding carboxylic acids is 1. The molecule has 0 aromatic carbocycles. The van der Waals surface area contributed by atoms with Crippen LogP contribution < -0.4 is 5.32 Å². The Kier molecular flexibility index (Phi) is 3.36. The Morgan fingerprint density at radius 1 is 1.11 bits per heavy atom. The van der Waals surface area contributed by atoms with Crippen molar-refractivity contribution in [2.75, 3.05) is 13.1 Å². The highest BCUT2D eigenvalue weighted by atomic mass is 16.2. The molecule has 1 spiro atoms. The minimum Gasteiger partial charge on any atom is -0.338 e. The molecular weight excluding hydrogens is 236 g/mol. The monoisotopic (exact) mass is 264 g/mol. The van der Waals surface area contributed by atoms with E-state index in [-0.39, 0.29) is 5.54 Å². The van der Waals surface area contributed by atoms with Crippen molar-refractivity contribution < 1.29 is 4.79 Å². The first-order chi connectivity index (χ1) is 9.03. The summed E-state index contributed by atoms with van der Waals surface area (Å²) >= 11 is 0. The van der Waals surface area contributed by atoms with E-state index in [4.69, 9.17) is 0 Å². The highest BCUT2D eigenvalue weighted by molar-refractivity contribution is 5.86. The molecule has 2 aliphatic carbocycles. The first-order valence-corrected chi connectivity index (χ1v) is 8.09. The predicted octanol–water partition coefficient (Wildman–Crippen LogP) is 2.70. The summed E-state index contributed by atoms with van der Waals surface area (Å²) in [5.74, 6) is 0.336. The molecule has 2 saturated carbocycles. The molecule has 1 saturated heterocycles. The van der Waals surface area contributed by atoms with Crippen molar-refractivity contribution in [3.05, 3.63) is 0 Å². The normalized spacial score (nSPS) is 31.1. The second-order valence-corrected chi connectivity index (χ2v) is 7.56. The van der Waals surface area contributed by atoms with Gasteiger partial charge in [0.1, 0.15) is 0 Å². The van der Waals surface area contributed by atoms with E-state index in [9.17, 15) is 4.79 Å². The molecule has 108 valence electrons. The van der Waals surface area contributed by atoms with Gasteiger partial charge in [-0.15, -0.1) is 0 Å². The topological polar surface area (TPSA) is 32.3 Å². The van der Waals surface area contributed by atoms with Gasteiger partial charge in [-0.3, -0.25) is 4.79 Å². The summed E-state index contributed by atoms with van der Waals surface area (Å²) in [5, 5.41) is 3.52. The second-order valence-electron chi connectivity index (χ2n) is 7.56. The highest BCUT2D eigenvalue weighted by Crippen LogP contribution is 2.48. The Balaban J connectivity index is 1.81. The average molecular weight is 264 g/mol. The molecule has 3 aliphatic rings. The second kappa shape index (κ2) is 4.76. The number of hydrogen-bond donors (Lipinski definition) is 1. The van der Waals surface area contributed by atoms with Crippen LogP contribution in [-0.2, 0) is 4.79 Å². The van der Waals surface area contributed by atoms with E-state index < -0.39 is 0 Å². The van der Waals surface area contributed by atoms with Gasteiger partial charge in [0, 0.05) is 24.5 Å². The third-order valence-corrected chi connectivity index (χ3v) is 5.43. The van der Waals surface area contributed by atoms with Crippen LogP contribution in [-0.4, -0.2) is 35.5 Å². The van der Waals surface area contributed by atoms with Crippen LogP contribution in [0.5, 0.6) is 0 Å². The van der Waals surface area contributed by atoms with Crippen molar-refractivity contribution in [2.45, 2.75) is 76.8 Å². The van der Waals surface area contributed by atoms with Crippen LogP contribution in [0.1, 0.15) is 65.2 Å². The molecule has 3 heteroatoms. The number of nitrogens with zero attached hydrogens (tertiary/aromatic N) is 1. The van der Waals surface area contributed by atoms with E-state index >= 15 is 0 Å². The van der Waals surface area contributed by atoms with Crippen molar-refractivity contribution >= 4 is 5.91 Å². The number of rotatable bonds is 1. The molecule has 3 fully saturated rings. The maximum Gasteiger partial charge on any atom is 0.242 e. The van der Waals surface area contributed by atoms with E-state index in [1.807, 2.05) is 0 Å². The average Bonchev–Trinajstić information content (AvgIpc) is 3.18. The van der Waals surface area contributed by atoms with Gasteiger partial charge in [-0.1, -0.05) is 25.7 Å². The molecule has 3 nitrogen and oxygen atoms in total. The fraction of sp³-hybridized carbons (Fsp3) is 0.938. The van der Waals surface area contributed by atoms with Crippen molar-refractivity contribution in [2.24, 2.45) is 5.41 Å². The van der Waals surface area contributed by atoms with Crippen LogP contribution in [0.2, 0.25) is 0 Å². The largest absolute Gasteiger partial charge is 0.338 e. The Morgan fingerprint density at radius 3 is 2.32 bits per heavy atom. The van der Waals surface area contributed by atoms with Crippen LogP contribution in [0.15, 0.2) is 0 Å². The summed E-state index contributed by atoms with van der Waals surface area (Å²) in [6, 6.07) is 0.506. The van der Waals surface area contributed by atoms with Gasteiger partial charge in [0.05, 0.1) is 5.54 Å². The van der Waals surface area contributed by atoms with Crippen LogP contribution in [0.4, 0.5) is 0 Å². The van der Waals surface area contributed by atoms with Gasteiger partial charge in [-0.2, -0.15) is 0 Å². The number of amides is 1. The summed E-state index contributed by atoms with van der Waals surface area (Å²) in [6.07, 6.45) is 10.3. The molecule has 0 aromatic rings. The van der Waals surface area contributed by atoms with Gasteiger partial charge in [-0.05, 0) is 39.5 Å². The lowest BCUT2D eigenvalue weighted by Crippen LogP contribution is -2.54. The minimum absolute atomic E-state index is 0.336. The lowest BCUT2D eigenvalue weighted by molar-refractivity contribution is -0.139. The lowest BCUT2D eigenvalue weighted by atomic mass is 10.00. The lowest BCUT2D eigenvalue weighted by Gasteiger charge is -2.35. The molecule has 0 bridgehead atoms. The molecule has 1 heterocycles. The molecule has 0 aromatic heterocycles. The SMILES string of the molecule is CC1(C)NCC2(CC2)CN(C2CCCCCC2)C1=O. The maximum atomic E-state index is 12.9. The standard InChI is InChI=1S/C16H28N2O/c1-15(2)14(19)18(12-16(9-10-16)11-17-15)13-7-5-3-4-6-8-13/h13,17H,3-12H2,1-2H3. The first kappa shape index (κ1) is 13.4. The quantitative estimate of drug-likeness (QED) is 0.739. The fourth-order valence-electron chi connectivity index (χ4n) is 3.71. The summed E-state index contributed by atoms with van der Waals surface area (Å²) < 4.78 is 0. The van der Waals surface area contributed by atoms with Crippen LogP contribution in [0.3, 0.4) is 0 Å². The first-order valence-electron chi connectivity index (χ1n) is 8.09. The molecule has 1 N–H and O–H groups in total. The molecule has 0 atom stereocenters. The Morgan fingerprint density at radius 2 is 1.74 bits per heavy atom. The molecular formula is C16H28N2O. The van der Waals surface area contributed by atoms with Gasteiger partial charge in [0.15, 0.2) is 0 Å². The molecule has 1 aliphatic heterocycles. The molecule has 0 radical (unpaired) electrons. The maximum absolute atomic E-state index is 12.9. The zero-order valence-corrected chi connectivity index (χ0v) is 12.5. The van der Waals surface area contributed by atoms with E-state index in [0.717, 1.165) is 13.1 Å². The van der Waals surface area contributed by atoms with E-state index in [1.165, 1.54) is 51.4 Å². The van der Waals surface area contributed by atoms with Gasteiger partial charge in [-0.25, -0.2) is 0 Å². The smallest absolute Gasteiger partial charge is 0.242 e. The van der Waals surface area contributed by atoms with Crippen molar-refractivity contribution in [1.29, 1.82) is 0 Å². The zero-order chi connectivity index (χ0) is 13.5. The third-order valence-electron chi connectivity index (χ3n) is 5.43. The number of hydrogen-bond acceptors (Lipinski definition) is 2. The number of carbonyl (C=O) groups is 1. The van der Waals surface area contributed by atoms with Crippen molar-refractivity contribution in [3.8, 4) is 0 Å². The summed E-state index contributed by atoms with van der Waals surface area (Å²) in [6.45, 7) is 6.14. The van der Waals surface area contributed by atoms with Gasteiger partial charge < -0.3 is 10.2 Å². The number of nitrogens with one attached hydrogen (secondary N) is 1. The molecule has 0 unspecified atom stereocenters. The summed E-state index contributed by atoms with van der Waals surface area (Å²) in [7, 11) is 0. The van der Waals surface area contributed by atoms with Crippen molar-refractivity contribution in [1.82, 2.24) is 10.2 Å². The van der Waals surface area contributed by atoms with E-state index in [0.29, 0.717) is 17.4 Å². The molecule has 3 rings (SSSR count). The highest BCUT2D eigenvalue weighted by Gasteiger charge is 2.51. The predicted molar refractivity (Wildman–Crippen MR) is 77.0 cm³/mol. The van der Waals surface area contributed by atoms with Crippen LogP contribution in [0, 0.1) is 5.41 Å². The van der Waals surface area contributed by atoms with Gasteiger partial charge in [0.2, 0.25) is 5.91 Å². The van der Waals surface area contributed by atoms with E-state index in [2.05, 4.69) is 24.1 Å². The van der Waals surface area contributed by atoms with E-state index in [1.54, 1.807) is 0 Å². The Bertz CT molecular complexity index is 352. The fourth-order valence-corrected chi connectivity index (χ4v) is 3.71. The zero-order valence-electron chi connectivity index (χ0n) is 12.5. The van der Waals surface area contributed by atoms with Gasteiger partial charge >= 0.3 is 0 Å². The van der Waals surface area contributed by atoms with Crippen molar-refractivity contribution in [3.63, 3.8) is 0 Å². The summed E-state index contributed by atoms with van der Waals surface area (Å²) in [5.41, 5.74) is 0.0358. The van der Waals surface area contributed by atoms with Gasteiger partial charge in [0.25, 0.3) is 0 Å². The summed E-state index contributed by atoms with van der Waals surface area (Å²) in [4.78, 5) is 15.1. The Hall–Kier alpha value is -0.570. The minimum atomic E-state index is -0.377. The molecule has 1 amide bonds.